The molecule has 2 heterocycles. The van der Waals surface area contributed by atoms with E-state index in [-0.39, 0.29) is 67.4 Å². The molecule has 8 aromatic rings. The van der Waals surface area contributed by atoms with Crippen molar-refractivity contribution in [3.63, 3.8) is 0 Å². The van der Waals surface area contributed by atoms with Crippen LogP contribution >= 0.6 is 0 Å². The zero-order valence-corrected chi connectivity index (χ0v) is 35.8. The van der Waals surface area contributed by atoms with E-state index in [1.54, 1.807) is 18.3 Å². The van der Waals surface area contributed by atoms with Gasteiger partial charge in [0.05, 0.1) is 29.1 Å². The summed E-state index contributed by atoms with van der Waals surface area (Å²) in [6, 6.07) is 36.6. The molecule has 0 atom stereocenters. The van der Waals surface area contributed by atoms with Crippen molar-refractivity contribution in [3.8, 4) is 67.5 Å². The zero-order valence-electron chi connectivity index (χ0n) is 38.5. The number of phenols is 1. The minimum absolute atomic E-state index is 0. The van der Waals surface area contributed by atoms with E-state index < -0.39 is 6.04 Å². The first-order chi connectivity index (χ1) is 28.8. The van der Waals surface area contributed by atoms with Gasteiger partial charge in [-0.05, 0) is 94.0 Å². The third kappa shape index (κ3) is 7.76. The number of aryl methyl sites for hydroxylation is 2. The van der Waals surface area contributed by atoms with Crippen LogP contribution in [-0.4, -0.2) is 19.6 Å². The number of para-hydroxylation sites is 1. The first-order valence-electron chi connectivity index (χ1n) is 21.5. The summed E-state index contributed by atoms with van der Waals surface area (Å²) in [5, 5.41) is 11.7. The molecule has 0 unspecified atom stereocenters. The number of pyridine rings is 1. The van der Waals surface area contributed by atoms with Gasteiger partial charge in [-0.1, -0.05) is 144 Å². The van der Waals surface area contributed by atoms with Gasteiger partial charge < -0.3 is 5.11 Å². The van der Waals surface area contributed by atoms with E-state index >= 15 is 0 Å². The van der Waals surface area contributed by atoms with Crippen LogP contribution in [0.5, 0.6) is 5.75 Å². The van der Waals surface area contributed by atoms with Gasteiger partial charge in [0.15, 0.2) is 0 Å². The fraction of sp³-hybridized carbons (Fsp3) is 0.192. The number of imidazole rings is 1. The SMILES string of the molecule is [2H]c1c([2H])c([2H])c(-c2ccnc(-c3[c-]c(-c4cccc5c4nc(-c4cc(C)cc(C)c4O)n5-c4ccc(-c5ccccc5)cc4C(C)(C)C)cc(C(C)(C)C)c3)c2)c([2H])c1[2H].[Pt]. The van der Waals surface area contributed by atoms with E-state index in [1.807, 2.05) is 44.2 Å². The van der Waals surface area contributed by atoms with Crippen LogP contribution in [0.4, 0.5) is 0 Å². The summed E-state index contributed by atoms with van der Waals surface area (Å²) in [7, 11) is 0. The Morgan fingerprint density at radius 1 is 0.667 bits per heavy atom. The summed E-state index contributed by atoms with van der Waals surface area (Å²) in [4.78, 5) is 10.2. The molecule has 0 aliphatic carbocycles. The van der Waals surface area contributed by atoms with E-state index in [4.69, 9.17) is 16.8 Å². The van der Waals surface area contributed by atoms with Crippen molar-refractivity contribution in [3.05, 3.63) is 168 Å². The van der Waals surface area contributed by atoms with Crippen molar-refractivity contribution in [1.82, 2.24) is 14.5 Å². The van der Waals surface area contributed by atoms with Crippen LogP contribution in [0.15, 0.2) is 140 Å². The van der Waals surface area contributed by atoms with Gasteiger partial charge in [-0.25, -0.2) is 4.98 Å². The number of hydrogen-bond acceptors (Lipinski definition) is 3. The van der Waals surface area contributed by atoms with Gasteiger partial charge in [-0.3, -0.25) is 9.55 Å². The van der Waals surface area contributed by atoms with E-state index in [2.05, 4.69) is 113 Å². The Balaban J connectivity index is 0.00000578. The monoisotopic (exact) mass is 930 g/mol. The summed E-state index contributed by atoms with van der Waals surface area (Å²) >= 11 is 0. The number of hydrogen-bond donors (Lipinski definition) is 1. The second-order valence-electron chi connectivity index (χ2n) is 16.6. The van der Waals surface area contributed by atoms with Crippen molar-refractivity contribution >= 4 is 11.0 Å². The van der Waals surface area contributed by atoms with Gasteiger partial charge in [-0.15, -0.1) is 29.3 Å². The number of phenolic OH excluding ortho intramolecular Hbond substituents is 1. The molecule has 0 fully saturated rings. The van der Waals surface area contributed by atoms with E-state index in [0.717, 1.165) is 61.2 Å². The van der Waals surface area contributed by atoms with Crippen LogP contribution in [0.25, 0.3) is 72.7 Å². The molecular weight excluding hydrogens is 878 g/mol. The van der Waals surface area contributed by atoms with Crippen molar-refractivity contribution in [2.45, 2.75) is 66.2 Å². The third-order valence-corrected chi connectivity index (χ3v) is 10.4. The molecule has 2 aromatic heterocycles. The molecule has 0 saturated heterocycles. The minimum Gasteiger partial charge on any atom is -0.507 e. The maximum absolute atomic E-state index is 11.7. The van der Waals surface area contributed by atoms with E-state index in [9.17, 15) is 5.11 Å². The summed E-state index contributed by atoms with van der Waals surface area (Å²) in [5.74, 6) is 0.792. The topological polar surface area (TPSA) is 50.9 Å². The van der Waals surface area contributed by atoms with Gasteiger partial charge in [0, 0.05) is 33.0 Å². The quantitative estimate of drug-likeness (QED) is 0.169. The second-order valence-corrected chi connectivity index (χ2v) is 16.6. The second kappa shape index (κ2) is 15.4. The molecule has 0 aliphatic rings. The van der Waals surface area contributed by atoms with Crippen LogP contribution in [-0.2, 0) is 31.9 Å². The maximum atomic E-state index is 11.7. The molecule has 288 valence electrons. The number of aromatic hydroxyl groups is 1. The van der Waals surface area contributed by atoms with Crippen LogP contribution in [0.2, 0.25) is 0 Å². The summed E-state index contributed by atoms with van der Waals surface area (Å²) < 4.78 is 44.1. The van der Waals surface area contributed by atoms with Crippen LogP contribution in [0.3, 0.4) is 0 Å². The maximum Gasteiger partial charge on any atom is 0.148 e. The third-order valence-electron chi connectivity index (χ3n) is 10.4. The van der Waals surface area contributed by atoms with Crippen molar-refractivity contribution in [2.24, 2.45) is 0 Å². The molecule has 0 bridgehead atoms. The number of fused-ring (bicyclic) bond motifs is 1. The molecule has 6 aromatic carbocycles. The number of benzene rings is 6. The molecule has 57 heavy (non-hydrogen) atoms. The van der Waals surface area contributed by atoms with E-state index in [1.165, 1.54) is 0 Å². The van der Waals surface area contributed by atoms with Crippen LogP contribution in [0, 0.1) is 19.9 Å². The fourth-order valence-electron chi connectivity index (χ4n) is 7.43. The molecule has 0 radical (unpaired) electrons. The van der Waals surface area contributed by atoms with E-state index in [0.29, 0.717) is 28.2 Å². The first-order valence-corrected chi connectivity index (χ1v) is 19.0. The molecule has 0 amide bonds. The normalized spacial score (nSPS) is 13.0. The van der Waals surface area contributed by atoms with Crippen LogP contribution in [0.1, 0.15) is 70.7 Å². The first kappa shape index (κ1) is 33.6. The number of rotatable bonds is 6. The molecule has 5 heteroatoms. The molecule has 4 nitrogen and oxygen atoms in total. The Morgan fingerprint density at radius 2 is 1.39 bits per heavy atom. The molecule has 8 rings (SSSR count). The standard InChI is InChI=1S/C52H48N3O.Pt/c1-33-26-34(2)49(56)43(27-33)50-54-48-42(20-15-21-47(48)55(50)46-23-22-37(31-44(46)52(6,7)8)35-16-11-9-12-17-35)39-28-40(30-41(29-39)51(3,4)5)45-32-38(24-25-53-45)36-18-13-10-14-19-36;/h9-27,29-32,56H,1-8H3;/q-1;/i10D,13D,14D,18D,19D;. The molecule has 0 aliphatic heterocycles. The smallest absolute Gasteiger partial charge is 0.148 e. The Morgan fingerprint density at radius 3 is 2.11 bits per heavy atom. The Kier molecular flexibility index (Phi) is 9.07. The average Bonchev–Trinajstić information content (AvgIpc) is 3.62. The van der Waals surface area contributed by atoms with Crippen molar-refractivity contribution in [1.29, 1.82) is 0 Å². The number of nitrogens with zero attached hydrogens (tertiary/aromatic N) is 3. The molecule has 1 N–H and O–H groups in total. The van der Waals surface area contributed by atoms with Gasteiger partial charge in [-0.2, -0.15) is 0 Å². The van der Waals surface area contributed by atoms with Crippen LogP contribution < -0.4 is 0 Å². The van der Waals surface area contributed by atoms with Gasteiger partial charge in [0.25, 0.3) is 0 Å². The number of aromatic nitrogens is 3. The average molecular weight is 931 g/mol. The minimum atomic E-state index is -0.435. The Labute approximate surface area is 358 Å². The summed E-state index contributed by atoms with van der Waals surface area (Å²) in [6.45, 7) is 17.0. The van der Waals surface area contributed by atoms with Gasteiger partial charge in [0.1, 0.15) is 11.6 Å². The predicted molar refractivity (Wildman–Crippen MR) is 233 cm³/mol. The van der Waals surface area contributed by atoms with Crippen molar-refractivity contribution in [2.75, 3.05) is 0 Å². The Bertz CT molecular complexity index is 3010. The molecule has 0 spiro atoms. The summed E-state index contributed by atoms with van der Waals surface area (Å²) in [6.07, 6.45) is 1.60. The van der Waals surface area contributed by atoms with Gasteiger partial charge in [0.2, 0.25) is 0 Å². The predicted octanol–water partition coefficient (Wildman–Crippen LogP) is 13.5. The molecule has 0 saturated carbocycles. The largest absolute Gasteiger partial charge is 0.507 e. The zero-order chi connectivity index (χ0) is 43.7. The fourth-order valence-corrected chi connectivity index (χ4v) is 7.43. The summed E-state index contributed by atoms with van der Waals surface area (Å²) in [5.41, 5.74) is 12.2. The van der Waals surface area contributed by atoms with Gasteiger partial charge >= 0.3 is 0 Å². The molecular formula is C52H48N3OPt-. The Hall–Kier alpha value is -5.57. The van der Waals surface area contributed by atoms with Crippen molar-refractivity contribution < 1.29 is 33.0 Å².